The predicted molar refractivity (Wildman–Crippen MR) is 49.4 cm³/mol. The molecule has 0 N–H and O–H groups in total. The Morgan fingerprint density at radius 1 is 1.50 bits per heavy atom. The van der Waals surface area contributed by atoms with Crippen molar-refractivity contribution in [3.05, 3.63) is 25.9 Å². The highest BCUT2D eigenvalue weighted by atomic mass is 79.9. The SMILES string of the molecule is Cc1nc(Br)c(Br)cc1Cl. The predicted octanol–water partition coefficient (Wildman–Crippen LogP) is 3.57. The van der Waals surface area contributed by atoms with Crippen molar-refractivity contribution in [2.24, 2.45) is 0 Å². The molecular weight excluding hydrogens is 281 g/mol. The summed E-state index contributed by atoms with van der Waals surface area (Å²) in [4.78, 5) is 4.11. The number of aromatic nitrogens is 1. The highest BCUT2D eigenvalue weighted by molar-refractivity contribution is 9.13. The van der Waals surface area contributed by atoms with Crippen molar-refractivity contribution in [1.29, 1.82) is 0 Å². The molecule has 54 valence electrons. The zero-order valence-corrected chi connectivity index (χ0v) is 9.09. The molecule has 0 saturated carbocycles. The quantitative estimate of drug-likeness (QED) is 0.664. The van der Waals surface area contributed by atoms with E-state index in [1.165, 1.54) is 0 Å². The maximum atomic E-state index is 5.77. The molecule has 10 heavy (non-hydrogen) atoms. The lowest BCUT2D eigenvalue weighted by Crippen LogP contribution is -1.83. The van der Waals surface area contributed by atoms with Gasteiger partial charge in [0.05, 0.1) is 15.2 Å². The molecule has 0 aliphatic rings. The lowest BCUT2D eigenvalue weighted by Gasteiger charge is -1.98. The van der Waals surface area contributed by atoms with Gasteiger partial charge in [0.1, 0.15) is 4.60 Å². The minimum absolute atomic E-state index is 0.676. The first-order chi connectivity index (χ1) is 4.61. The first kappa shape index (κ1) is 8.50. The van der Waals surface area contributed by atoms with Gasteiger partial charge >= 0.3 is 0 Å². The molecule has 0 aromatic carbocycles. The molecule has 0 bridgehead atoms. The van der Waals surface area contributed by atoms with Crippen molar-refractivity contribution < 1.29 is 0 Å². The van der Waals surface area contributed by atoms with Crippen LogP contribution in [0.2, 0.25) is 5.02 Å². The van der Waals surface area contributed by atoms with Crippen molar-refractivity contribution in [2.75, 3.05) is 0 Å². The van der Waals surface area contributed by atoms with Crippen molar-refractivity contribution in [2.45, 2.75) is 6.92 Å². The summed E-state index contributed by atoms with van der Waals surface area (Å²) >= 11 is 12.3. The summed E-state index contributed by atoms with van der Waals surface area (Å²) in [6.07, 6.45) is 0. The van der Waals surface area contributed by atoms with E-state index >= 15 is 0 Å². The van der Waals surface area contributed by atoms with Crippen LogP contribution < -0.4 is 0 Å². The molecule has 0 saturated heterocycles. The average molecular weight is 285 g/mol. The maximum absolute atomic E-state index is 5.77. The van der Waals surface area contributed by atoms with Crippen molar-refractivity contribution in [3.63, 3.8) is 0 Å². The van der Waals surface area contributed by atoms with Gasteiger partial charge in [0.2, 0.25) is 0 Å². The van der Waals surface area contributed by atoms with Crippen LogP contribution in [0.4, 0.5) is 0 Å². The standard InChI is InChI=1S/C6H4Br2ClN/c1-3-5(9)2-4(7)6(8)10-3/h2H,1H3. The van der Waals surface area contributed by atoms with Crippen LogP contribution in [-0.2, 0) is 0 Å². The van der Waals surface area contributed by atoms with Crippen LogP contribution in [0.25, 0.3) is 0 Å². The van der Waals surface area contributed by atoms with Crippen molar-refractivity contribution in [3.8, 4) is 0 Å². The summed E-state index contributed by atoms with van der Waals surface area (Å²) in [7, 11) is 0. The summed E-state index contributed by atoms with van der Waals surface area (Å²) in [5.74, 6) is 0. The van der Waals surface area contributed by atoms with E-state index in [0.29, 0.717) is 5.02 Å². The molecule has 0 fully saturated rings. The maximum Gasteiger partial charge on any atom is 0.120 e. The topological polar surface area (TPSA) is 12.9 Å². The van der Waals surface area contributed by atoms with Gasteiger partial charge in [-0.3, -0.25) is 0 Å². The normalized spacial score (nSPS) is 10.0. The van der Waals surface area contributed by atoms with Gasteiger partial charge in [-0.05, 0) is 44.8 Å². The Hall–Kier alpha value is 0.400. The van der Waals surface area contributed by atoms with Gasteiger partial charge in [0, 0.05) is 0 Å². The van der Waals surface area contributed by atoms with Crippen LogP contribution in [0.15, 0.2) is 15.1 Å². The summed E-state index contributed by atoms with van der Waals surface area (Å²) in [5, 5.41) is 0.676. The van der Waals surface area contributed by atoms with Crippen LogP contribution >= 0.6 is 43.5 Å². The number of pyridine rings is 1. The Balaban J connectivity index is 3.28. The van der Waals surface area contributed by atoms with Gasteiger partial charge in [0.15, 0.2) is 0 Å². The van der Waals surface area contributed by atoms with Crippen LogP contribution in [0, 0.1) is 6.92 Å². The van der Waals surface area contributed by atoms with Crippen LogP contribution in [0.1, 0.15) is 5.69 Å². The van der Waals surface area contributed by atoms with Gasteiger partial charge < -0.3 is 0 Å². The summed E-state index contributed by atoms with van der Waals surface area (Å²) < 4.78 is 1.66. The van der Waals surface area contributed by atoms with E-state index in [0.717, 1.165) is 14.8 Å². The molecule has 0 unspecified atom stereocenters. The van der Waals surface area contributed by atoms with E-state index in [1.54, 1.807) is 0 Å². The highest BCUT2D eigenvalue weighted by Crippen LogP contribution is 2.25. The number of hydrogen-bond donors (Lipinski definition) is 0. The second-order valence-electron chi connectivity index (χ2n) is 1.83. The van der Waals surface area contributed by atoms with Crippen LogP contribution in [-0.4, -0.2) is 4.98 Å². The summed E-state index contributed by atoms with van der Waals surface area (Å²) in [6, 6.07) is 1.81. The van der Waals surface area contributed by atoms with E-state index in [1.807, 2.05) is 13.0 Å². The number of hydrogen-bond acceptors (Lipinski definition) is 1. The molecular formula is C6H4Br2ClN. The Bertz CT molecular complexity index is 212. The molecule has 1 heterocycles. The van der Waals surface area contributed by atoms with Gasteiger partial charge in [-0.2, -0.15) is 0 Å². The Morgan fingerprint density at radius 3 is 2.60 bits per heavy atom. The third-order valence-corrected chi connectivity index (χ3v) is 3.19. The van der Waals surface area contributed by atoms with Gasteiger partial charge in [-0.15, -0.1) is 0 Å². The zero-order valence-electron chi connectivity index (χ0n) is 5.16. The first-order valence-corrected chi connectivity index (χ1v) is 4.56. The van der Waals surface area contributed by atoms with E-state index in [2.05, 4.69) is 36.8 Å². The fourth-order valence-electron chi connectivity index (χ4n) is 0.529. The van der Waals surface area contributed by atoms with Crippen molar-refractivity contribution >= 4 is 43.5 Å². The van der Waals surface area contributed by atoms with Crippen molar-refractivity contribution in [1.82, 2.24) is 4.98 Å². The zero-order chi connectivity index (χ0) is 7.72. The van der Waals surface area contributed by atoms with E-state index in [-0.39, 0.29) is 0 Å². The molecule has 1 aromatic heterocycles. The first-order valence-electron chi connectivity index (χ1n) is 2.59. The molecule has 0 spiro atoms. The van der Waals surface area contributed by atoms with Gasteiger partial charge in [-0.1, -0.05) is 11.6 Å². The smallest absolute Gasteiger partial charge is 0.120 e. The monoisotopic (exact) mass is 283 g/mol. The Labute approximate surface area is 81.1 Å². The summed E-state index contributed by atoms with van der Waals surface area (Å²) in [6.45, 7) is 1.86. The molecule has 1 nitrogen and oxygen atoms in total. The average Bonchev–Trinajstić information content (AvgIpc) is 1.84. The molecule has 1 rings (SSSR count). The third kappa shape index (κ3) is 1.71. The Kier molecular flexibility index (Phi) is 2.72. The molecule has 4 heteroatoms. The Morgan fingerprint density at radius 2 is 2.10 bits per heavy atom. The number of halogens is 3. The van der Waals surface area contributed by atoms with Crippen LogP contribution in [0.5, 0.6) is 0 Å². The van der Waals surface area contributed by atoms with E-state index in [4.69, 9.17) is 11.6 Å². The lowest BCUT2D eigenvalue weighted by molar-refractivity contribution is 1.15. The second kappa shape index (κ2) is 3.20. The minimum Gasteiger partial charge on any atom is -0.243 e. The molecule has 1 aromatic rings. The number of nitrogens with zero attached hydrogens (tertiary/aromatic N) is 1. The summed E-state index contributed by atoms with van der Waals surface area (Å²) in [5.41, 5.74) is 0.830. The highest BCUT2D eigenvalue weighted by Gasteiger charge is 2.01. The van der Waals surface area contributed by atoms with E-state index < -0.39 is 0 Å². The molecule has 0 atom stereocenters. The fourth-order valence-corrected chi connectivity index (χ4v) is 1.51. The van der Waals surface area contributed by atoms with Gasteiger partial charge in [0.25, 0.3) is 0 Å². The van der Waals surface area contributed by atoms with Crippen LogP contribution in [0.3, 0.4) is 0 Å². The lowest BCUT2D eigenvalue weighted by atomic mass is 10.4. The molecule has 0 radical (unpaired) electrons. The van der Waals surface area contributed by atoms with E-state index in [9.17, 15) is 0 Å². The molecule has 0 aliphatic heterocycles. The largest absolute Gasteiger partial charge is 0.243 e. The van der Waals surface area contributed by atoms with Gasteiger partial charge in [-0.25, -0.2) is 4.98 Å². The molecule has 0 aliphatic carbocycles. The number of aryl methyl sites for hydroxylation is 1. The number of rotatable bonds is 0. The third-order valence-electron chi connectivity index (χ3n) is 1.06. The second-order valence-corrected chi connectivity index (χ2v) is 3.84. The minimum atomic E-state index is 0.676. The molecule has 0 amide bonds. The fraction of sp³-hybridized carbons (Fsp3) is 0.167.